The molecule has 1 aliphatic rings. The zero-order valence-electron chi connectivity index (χ0n) is 14.0. The number of halogens is 1. The van der Waals surface area contributed by atoms with Crippen molar-refractivity contribution in [2.75, 3.05) is 30.9 Å². The molecule has 1 atom stereocenters. The zero-order valence-corrected chi connectivity index (χ0v) is 18.0. The summed E-state index contributed by atoms with van der Waals surface area (Å²) in [4.78, 5) is 4.36. The van der Waals surface area contributed by atoms with Crippen molar-refractivity contribution in [3.05, 3.63) is 30.3 Å². The van der Waals surface area contributed by atoms with E-state index in [0.717, 1.165) is 0 Å². The molecule has 0 spiro atoms. The fourth-order valence-corrected chi connectivity index (χ4v) is 5.52. The molecule has 0 aliphatic carbocycles. The molecule has 0 aromatic heterocycles. The van der Waals surface area contributed by atoms with Gasteiger partial charge in [0.05, 0.1) is 22.2 Å². The van der Waals surface area contributed by atoms with E-state index in [0.29, 0.717) is 30.2 Å². The number of guanidine groups is 1. The van der Waals surface area contributed by atoms with Gasteiger partial charge in [0.1, 0.15) is 0 Å². The number of benzene rings is 1. The van der Waals surface area contributed by atoms with E-state index in [2.05, 4.69) is 15.6 Å². The Labute approximate surface area is 166 Å². The van der Waals surface area contributed by atoms with Crippen LogP contribution in [0.1, 0.15) is 12.8 Å². The van der Waals surface area contributed by atoms with Gasteiger partial charge in [-0.15, -0.1) is 24.0 Å². The summed E-state index contributed by atoms with van der Waals surface area (Å²) in [5, 5.41) is 6.09. The Morgan fingerprint density at radius 2 is 1.96 bits per heavy atom. The van der Waals surface area contributed by atoms with Gasteiger partial charge in [-0.25, -0.2) is 16.8 Å². The van der Waals surface area contributed by atoms with Gasteiger partial charge in [-0.1, -0.05) is 18.2 Å². The van der Waals surface area contributed by atoms with Gasteiger partial charge in [0.15, 0.2) is 25.6 Å². The maximum absolute atomic E-state index is 12.2. The fraction of sp³-hybridized carbons (Fsp3) is 0.533. The number of aliphatic imine (C=N–C) groups is 1. The largest absolute Gasteiger partial charge is 0.356 e. The molecule has 1 saturated heterocycles. The summed E-state index contributed by atoms with van der Waals surface area (Å²) < 4.78 is 47.2. The van der Waals surface area contributed by atoms with Crippen molar-refractivity contribution < 1.29 is 16.8 Å². The Kier molecular flexibility index (Phi) is 8.61. The van der Waals surface area contributed by atoms with Crippen LogP contribution in [-0.4, -0.2) is 59.7 Å². The molecular formula is C15H24IN3O4S2. The predicted molar refractivity (Wildman–Crippen MR) is 110 cm³/mol. The first-order chi connectivity index (χ1) is 11.3. The molecule has 0 amide bonds. The average molecular weight is 501 g/mol. The van der Waals surface area contributed by atoms with Crippen molar-refractivity contribution in [3.63, 3.8) is 0 Å². The molecule has 2 N–H and O–H groups in total. The Morgan fingerprint density at radius 3 is 2.52 bits per heavy atom. The number of nitrogens with one attached hydrogen (secondary N) is 2. The Morgan fingerprint density at radius 1 is 1.28 bits per heavy atom. The minimum absolute atomic E-state index is 0. The van der Waals surface area contributed by atoms with E-state index in [-0.39, 0.29) is 47.3 Å². The van der Waals surface area contributed by atoms with Crippen LogP contribution in [0.15, 0.2) is 40.2 Å². The van der Waals surface area contributed by atoms with Crippen molar-refractivity contribution in [2.45, 2.75) is 23.8 Å². The SMILES string of the molecule is CN=C(NCCCS(=O)(=O)c1ccccc1)NC1CCS(=O)(=O)C1.I. The van der Waals surface area contributed by atoms with Crippen molar-refractivity contribution in [2.24, 2.45) is 4.99 Å². The van der Waals surface area contributed by atoms with E-state index >= 15 is 0 Å². The molecule has 1 heterocycles. The first kappa shape index (κ1) is 22.2. The molecule has 1 fully saturated rings. The highest BCUT2D eigenvalue weighted by molar-refractivity contribution is 14.0. The van der Waals surface area contributed by atoms with Gasteiger partial charge < -0.3 is 10.6 Å². The molecule has 1 unspecified atom stereocenters. The van der Waals surface area contributed by atoms with Crippen LogP contribution in [0, 0.1) is 0 Å². The second-order valence-corrected chi connectivity index (χ2v) is 10.1. The van der Waals surface area contributed by atoms with Crippen molar-refractivity contribution in [1.29, 1.82) is 0 Å². The number of rotatable bonds is 6. The summed E-state index contributed by atoms with van der Waals surface area (Å²) in [5.74, 6) is 0.834. The number of hydrogen-bond donors (Lipinski definition) is 2. The van der Waals surface area contributed by atoms with E-state index < -0.39 is 19.7 Å². The Hall–Kier alpha value is -0.880. The van der Waals surface area contributed by atoms with E-state index in [1.165, 1.54) is 0 Å². The lowest BCUT2D eigenvalue weighted by atomic mass is 10.3. The number of sulfone groups is 2. The Bertz CT molecular complexity index is 780. The molecule has 10 heteroatoms. The maximum Gasteiger partial charge on any atom is 0.191 e. The monoisotopic (exact) mass is 501 g/mol. The quantitative estimate of drug-likeness (QED) is 0.259. The van der Waals surface area contributed by atoms with Gasteiger partial charge in [0, 0.05) is 19.6 Å². The molecule has 0 radical (unpaired) electrons. The van der Waals surface area contributed by atoms with Gasteiger partial charge in [0.25, 0.3) is 0 Å². The minimum atomic E-state index is -3.28. The smallest absolute Gasteiger partial charge is 0.191 e. The van der Waals surface area contributed by atoms with Crippen LogP contribution in [0.2, 0.25) is 0 Å². The molecule has 1 aromatic rings. The maximum atomic E-state index is 12.2. The second kappa shape index (κ2) is 9.72. The van der Waals surface area contributed by atoms with Crippen LogP contribution >= 0.6 is 24.0 Å². The van der Waals surface area contributed by atoms with Gasteiger partial charge in [0.2, 0.25) is 0 Å². The molecule has 142 valence electrons. The third-order valence-corrected chi connectivity index (χ3v) is 7.37. The summed E-state index contributed by atoms with van der Waals surface area (Å²) in [6, 6.07) is 8.21. The van der Waals surface area contributed by atoms with Crippen LogP contribution < -0.4 is 10.6 Å². The van der Waals surface area contributed by atoms with Crippen LogP contribution in [0.25, 0.3) is 0 Å². The highest BCUT2D eigenvalue weighted by Crippen LogP contribution is 2.12. The lowest BCUT2D eigenvalue weighted by Crippen LogP contribution is -2.44. The van der Waals surface area contributed by atoms with Crippen molar-refractivity contribution in [3.8, 4) is 0 Å². The second-order valence-electron chi connectivity index (χ2n) is 5.73. The summed E-state index contributed by atoms with van der Waals surface area (Å²) in [6.07, 6.45) is 0.992. The van der Waals surface area contributed by atoms with Crippen LogP contribution in [0.3, 0.4) is 0 Å². The van der Waals surface area contributed by atoms with Crippen LogP contribution in [-0.2, 0) is 19.7 Å². The third-order valence-electron chi connectivity index (χ3n) is 3.78. The highest BCUT2D eigenvalue weighted by atomic mass is 127. The Balaban J connectivity index is 0.00000312. The molecular weight excluding hydrogens is 477 g/mol. The van der Waals surface area contributed by atoms with Gasteiger partial charge in [-0.05, 0) is 25.0 Å². The summed E-state index contributed by atoms with van der Waals surface area (Å²) in [7, 11) is -4.63. The molecule has 25 heavy (non-hydrogen) atoms. The molecule has 0 bridgehead atoms. The standard InChI is InChI=1S/C15H23N3O4S2.HI/c1-16-15(18-13-8-11-23(19,20)12-13)17-9-5-10-24(21,22)14-6-3-2-4-7-14;/h2-4,6-7,13H,5,8-12H2,1H3,(H2,16,17,18);1H. The molecule has 1 aliphatic heterocycles. The topological polar surface area (TPSA) is 105 Å². The number of nitrogens with zero attached hydrogens (tertiary/aromatic N) is 1. The van der Waals surface area contributed by atoms with E-state index in [1.54, 1.807) is 37.4 Å². The van der Waals surface area contributed by atoms with Gasteiger partial charge >= 0.3 is 0 Å². The summed E-state index contributed by atoms with van der Waals surface area (Å²) in [6.45, 7) is 0.436. The van der Waals surface area contributed by atoms with E-state index in [9.17, 15) is 16.8 Å². The van der Waals surface area contributed by atoms with Crippen molar-refractivity contribution >= 4 is 49.6 Å². The first-order valence-electron chi connectivity index (χ1n) is 7.78. The van der Waals surface area contributed by atoms with E-state index in [1.807, 2.05) is 0 Å². The van der Waals surface area contributed by atoms with Crippen molar-refractivity contribution in [1.82, 2.24) is 10.6 Å². The zero-order chi connectivity index (χ0) is 17.6. The lowest BCUT2D eigenvalue weighted by Gasteiger charge is -2.16. The van der Waals surface area contributed by atoms with Crippen LogP contribution in [0.5, 0.6) is 0 Å². The molecule has 1 aromatic carbocycles. The average Bonchev–Trinajstić information content (AvgIpc) is 2.90. The van der Waals surface area contributed by atoms with Gasteiger partial charge in [-0.2, -0.15) is 0 Å². The highest BCUT2D eigenvalue weighted by Gasteiger charge is 2.28. The molecule has 0 saturated carbocycles. The fourth-order valence-electron chi connectivity index (χ4n) is 2.51. The van der Waals surface area contributed by atoms with Gasteiger partial charge in [-0.3, -0.25) is 4.99 Å². The normalized spacial score (nSPS) is 19.9. The first-order valence-corrected chi connectivity index (χ1v) is 11.3. The molecule has 2 rings (SSSR count). The third kappa shape index (κ3) is 7.10. The molecule has 7 nitrogen and oxygen atoms in total. The summed E-state index contributed by atoms with van der Waals surface area (Å²) >= 11 is 0. The minimum Gasteiger partial charge on any atom is -0.356 e. The van der Waals surface area contributed by atoms with E-state index in [4.69, 9.17) is 0 Å². The van der Waals surface area contributed by atoms with Crippen LogP contribution in [0.4, 0.5) is 0 Å². The predicted octanol–water partition coefficient (Wildman–Crippen LogP) is 0.820. The lowest BCUT2D eigenvalue weighted by molar-refractivity contribution is 0.590. The number of hydrogen-bond acceptors (Lipinski definition) is 5. The summed E-state index contributed by atoms with van der Waals surface area (Å²) in [5.41, 5.74) is 0.